The lowest BCUT2D eigenvalue weighted by Gasteiger charge is -2.10. The molecule has 0 spiro atoms. The van der Waals surface area contributed by atoms with Crippen LogP contribution in [0.3, 0.4) is 0 Å². The molecule has 2 aromatic heterocycles. The number of pyridine rings is 1. The number of para-hydroxylation sites is 1. The number of ether oxygens (including phenoxy) is 1. The lowest BCUT2D eigenvalue weighted by atomic mass is 10.0. The number of carboxylic acid groups (broad SMARTS) is 1. The molecule has 2 N–H and O–H groups in total. The van der Waals surface area contributed by atoms with Gasteiger partial charge in [0.25, 0.3) is 0 Å². The van der Waals surface area contributed by atoms with E-state index in [-0.39, 0.29) is 35.5 Å². The minimum absolute atomic E-state index is 0.142. The van der Waals surface area contributed by atoms with E-state index in [1.165, 1.54) is 13.0 Å². The predicted molar refractivity (Wildman–Crippen MR) is 105 cm³/mol. The summed E-state index contributed by atoms with van der Waals surface area (Å²) in [5.74, 6) is -1.56. The minimum atomic E-state index is -1.17. The Balaban J connectivity index is 1.84. The van der Waals surface area contributed by atoms with Crippen molar-refractivity contribution in [3.8, 4) is 0 Å². The number of hydrogen-bond acceptors (Lipinski definition) is 5. The summed E-state index contributed by atoms with van der Waals surface area (Å²) in [6.07, 6.45) is 1.56. The average molecular weight is 382 g/mol. The first-order valence-electron chi connectivity index (χ1n) is 9.18. The molecule has 1 atom stereocenters. The van der Waals surface area contributed by atoms with Crippen LogP contribution in [0.5, 0.6) is 0 Å². The molecule has 0 bridgehead atoms. The Morgan fingerprint density at radius 2 is 1.96 bits per heavy atom. The molecule has 1 aromatic carbocycles. The molecule has 0 saturated carbocycles. The number of benzene rings is 1. The molecule has 0 aliphatic heterocycles. The number of esters is 1. The Hall–Kier alpha value is -3.22. The molecule has 0 radical (unpaired) electrons. The number of aromatic carboxylic acids is 1. The standard InChI is InChI=1S/C21H22N2O5/c1-12(11-28-13(2)24)6-5-9-18(25)20-19-15(10-17(23-20)21(26)27)14-7-3-4-8-16(14)22-19/h3-4,7-8,10,12,22H,5-6,9,11H2,1-2H3,(H,26,27)/t12-/m0/s1. The number of H-pyrrole nitrogens is 1. The fraction of sp³-hybridized carbons (Fsp3) is 0.333. The molecule has 0 fully saturated rings. The summed E-state index contributed by atoms with van der Waals surface area (Å²) in [6.45, 7) is 3.64. The van der Waals surface area contributed by atoms with Crippen LogP contribution >= 0.6 is 0 Å². The molecular weight excluding hydrogens is 360 g/mol. The van der Waals surface area contributed by atoms with E-state index in [4.69, 9.17) is 4.74 Å². The number of hydrogen-bond donors (Lipinski definition) is 2. The topological polar surface area (TPSA) is 109 Å². The van der Waals surface area contributed by atoms with Crippen molar-refractivity contribution in [3.05, 3.63) is 41.7 Å². The Morgan fingerprint density at radius 3 is 2.68 bits per heavy atom. The van der Waals surface area contributed by atoms with Crippen molar-refractivity contribution in [2.24, 2.45) is 5.92 Å². The van der Waals surface area contributed by atoms with E-state index in [9.17, 15) is 19.5 Å². The third-order valence-electron chi connectivity index (χ3n) is 4.65. The van der Waals surface area contributed by atoms with Crippen LogP contribution < -0.4 is 0 Å². The third kappa shape index (κ3) is 4.19. The summed E-state index contributed by atoms with van der Waals surface area (Å²) in [5.41, 5.74) is 1.39. The summed E-state index contributed by atoms with van der Waals surface area (Å²) in [6, 6.07) is 8.98. The highest BCUT2D eigenvalue weighted by atomic mass is 16.5. The normalized spacial score (nSPS) is 12.2. The zero-order valence-corrected chi connectivity index (χ0v) is 15.8. The Labute approximate surface area is 161 Å². The highest BCUT2D eigenvalue weighted by Crippen LogP contribution is 2.28. The van der Waals surface area contributed by atoms with Gasteiger partial charge in [-0.3, -0.25) is 9.59 Å². The van der Waals surface area contributed by atoms with Crippen molar-refractivity contribution in [1.29, 1.82) is 0 Å². The number of rotatable bonds is 8. The van der Waals surface area contributed by atoms with E-state index >= 15 is 0 Å². The molecule has 0 aliphatic rings. The first kappa shape index (κ1) is 19.5. The predicted octanol–water partition coefficient (Wildman–Crippen LogP) is 3.97. The molecule has 7 nitrogen and oxygen atoms in total. The number of aromatic nitrogens is 2. The van der Waals surface area contributed by atoms with Gasteiger partial charge in [-0.2, -0.15) is 0 Å². The highest BCUT2D eigenvalue weighted by Gasteiger charge is 2.20. The van der Waals surface area contributed by atoms with E-state index < -0.39 is 5.97 Å². The zero-order valence-electron chi connectivity index (χ0n) is 15.8. The molecule has 3 aromatic rings. The number of ketones is 1. The first-order chi connectivity index (χ1) is 13.4. The highest BCUT2D eigenvalue weighted by molar-refractivity contribution is 6.15. The number of aromatic amines is 1. The van der Waals surface area contributed by atoms with Crippen LogP contribution in [0, 0.1) is 5.92 Å². The average Bonchev–Trinajstić information content (AvgIpc) is 3.04. The van der Waals surface area contributed by atoms with Crippen molar-refractivity contribution in [3.63, 3.8) is 0 Å². The summed E-state index contributed by atoms with van der Waals surface area (Å²) < 4.78 is 4.97. The number of carboxylic acids is 1. The monoisotopic (exact) mass is 382 g/mol. The molecule has 7 heteroatoms. The largest absolute Gasteiger partial charge is 0.477 e. The lowest BCUT2D eigenvalue weighted by molar-refractivity contribution is -0.142. The Kier molecular flexibility index (Phi) is 5.73. The fourth-order valence-corrected chi connectivity index (χ4v) is 3.23. The third-order valence-corrected chi connectivity index (χ3v) is 4.65. The minimum Gasteiger partial charge on any atom is -0.477 e. The number of carbonyl (C=O) groups is 3. The summed E-state index contributed by atoms with van der Waals surface area (Å²) in [7, 11) is 0. The van der Waals surface area contributed by atoms with Gasteiger partial charge in [0.05, 0.1) is 12.1 Å². The number of carbonyl (C=O) groups excluding carboxylic acids is 2. The molecule has 146 valence electrons. The molecule has 2 heterocycles. The van der Waals surface area contributed by atoms with E-state index in [1.54, 1.807) is 0 Å². The summed E-state index contributed by atoms with van der Waals surface area (Å²) in [4.78, 5) is 42.4. The Bertz CT molecular complexity index is 1050. The van der Waals surface area contributed by atoms with Crippen molar-refractivity contribution in [1.82, 2.24) is 9.97 Å². The smallest absolute Gasteiger partial charge is 0.354 e. The van der Waals surface area contributed by atoms with Gasteiger partial charge in [-0.15, -0.1) is 0 Å². The summed E-state index contributed by atoms with van der Waals surface area (Å²) >= 11 is 0. The molecule has 0 aliphatic carbocycles. The van der Waals surface area contributed by atoms with Gasteiger partial charge in [-0.05, 0) is 30.9 Å². The first-order valence-corrected chi connectivity index (χ1v) is 9.18. The van der Waals surface area contributed by atoms with Gasteiger partial charge in [0.15, 0.2) is 5.78 Å². The van der Waals surface area contributed by atoms with Crippen LogP contribution in [-0.4, -0.2) is 39.4 Å². The van der Waals surface area contributed by atoms with Crippen molar-refractivity contribution in [2.45, 2.75) is 33.1 Å². The van der Waals surface area contributed by atoms with Crippen LogP contribution in [0.1, 0.15) is 54.1 Å². The fourth-order valence-electron chi connectivity index (χ4n) is 3.23. The molecule has 0 unspecified atom stereocenters. The zero-order chi connectivity index (χ0) is 20.3. The maximum Gasteiger partial charge on any atom is 0.354 e. The maximum atomic E-state index is 12.8. The van der Waals surface area contributed by atoms with E-state index in [1.807, 2.05) is 31.2 Å². The molecule has 3 rings (SSSR count). The lowest BCUT2D eigenvalue weighted by Crippen LogP contribution is -2.11. The van der Waals surface area contributed by atoms with Gasteiger partial charge < -0.3 is 14.8 Å². The van der Waals surface area contributed by atoms with E-state index in [0.717, 1.165) is 10.9 Å². The van der Waals surface area contributed by atoms with Gasteiger partial charge >= 0.3 is 11.9 Å². The van der Waals surface area contributed by atoms with E-state index in [0.29, 0.717) is 30.4 Å². The summed E-state index contributed by atoms with van der Waals surface area (Å²) in [5, 5.41) is 10.9. The van der Waals surface area contributed by atoms with Gasteiger partial charge in [0, 0.05) is 29.6 Å². The number of nitrogens with one attached hydrogen (secondary N) is 1. The molecule has 0 amide bonds. The van der Waals surface area contributed by atoms with Crippen molar-refractivity contribution >= 4 is 39.5 Å². The van der Waals surface area contributed by atoms with Crippen molar-refractivity contribution in [2.75, 3.05) is 6.61 Å². The van der Waals surface area contributed by atoms with Crippen LogP contribution in [0.25, 0.3) is 21.8 Å². The van der Waals surface area contributed by atoms with Gasteiger partial charge in [-0.1, -0.05) is 25.1 Å². The number of nitrogens with zero attached hydrogens (tertiary/aromatic N) is 1. The Morgan fingerprint density at radius 1 is 1.21 bits per heavy atom. The van der Waals surface area contributed by atoms with Crippen LogP contribution in [0.15, 0.2) is 30.3 Å². The second-order valence-electron chi connectivity index (χ2n) is 6.98. The van der Waals surface area contributed by atoms with Crippen molar-refractivity contribution < 1.29 is 24.2 Å². The maximum absolute atomic E-state index is 12.8. The van der Waals surface area contributed by atoms with Crippen LogP contribution in [-0.2, 0) is 9.53 Å². The number of Topliss-reactive ketones (excluding diaryl/α,β-unsaturated/α-hetero) is 1. The number of fused-ring (bicyclic) bond motifs is 3. The van der Waals surface area contributed by atoms with Crippen LogP contribution in [0.2, 0.25) is 0 Å². The van der Waals surface area contributed by atoms with Crippen LogP contribution in [0.4, 0.5) is 0 Å². The second kappa shape index (κ2) is 8.21. The van der Waals surface area contributed by atoms with Gasteiger partial charge in [0.2, 0.25) is 0 Å². The molecule has 28 heavy (non-hydrogen) atoms. The van der Waals surface area contributed by atoms with Gasteiger partial charge in [0.1, 0.15) is 11.4 Å². The van der Waals surface area contributed by atoms with E-state index in [2.05, 4.69) is 9.97 Å². The second-order valence-corrected chi connectivity index (χ2v) is 6.98. The quantitative estimate of drug-likeness (QED) is 0.451. The molecular formula is C21H22N2O5. The van der Waals surface area contributed by atoms with Gasteiger partial charge in [-0.25, -0.2) is 9.78 Å². The molecule has 0 saturated heterocycles. The SMILES string of the molecule is CC(=O)OC[C@@H](C)CCCC(=O)c1nc(C(=O)O)cc2c1[nH]c1ccccc12.